The highest BCUT2D eigenvalue weighted by Crippen LogP contribution is 2.23. The van der Waals surface area contributed by atoms with Crippen LogP contribution in [0, 0.1) is 6.92 Å². The minimum absolute atomic E-state index is 0.289. The van der Waals surface area contributed by atoms with Gasteiger partial charge in [-0.15, -0.1) is 11.3 Å². The first-order valence-corrected chi connectivity index (χ1v) is 7.26. The molecule has 0 radical (unpaired) electrons. The van der Waals surface area contributed by atoms with E-state index in [1.807, 2.05) is 13.8 Å². The van der Waals surface area contributed by atoms with Gasteiger partial charge in [-0.2, -0.15) is 0 Å². The van der Waals surface area contributed by atoms with E-state index in [2.05, 4.69) is 9.47 Å². The first-order valence-electron chi connectivity index (χ1n) is 6.45. The van der Waals surface area contributed by atoms with Gasteiger partial charge in [0.2, 0.25) is 0 Å². The van der Waals surface area contributed by atoms with E-state index in [1.54, 1.807) is 6.07 Å². The van der Waals surface area contributed by atoms with Gasteiger partial charge < -0.3 is 14.4 Å². The van der Waals surface area contributed by atoms with E-state index in [0.717, 1.165) is 21.8 Å². The van der Waals surface area contributed by atoms with Crippen LogP contribution in [0.4, 0.5) is 0 Å². The number of carbonyl (C=O) groups excluding carboxylic acids is 3. The third kappa shape index (κ3) is 4.56. The molecule has 0 aliphatic carbocycles. The monoisotopic (exact) mass is 313 g/mol. The van der Waals surface area contributed by atoms with Crippen LogP contribution in [-0.2, 0) is 25.5 Å². The number of rotatable bonds is 6. The molecular weight excluding hydrogens is 294 g/mol. The van der Waals surface area contributed by atoms with Gasteiger partial charge in [0, 0.05) is 4.88 Å². The lowest BCUT2D eigenvalue weighted by Gasteiger charge is -2.19. The molecular formula is C14H19NO5S. The lowest BCUT2D eigenvalue weighted by Crippen LogP contribution is -2.39. The fourth-order valence-corrected chi connectivity index (χ4v) is 2.85. The lowest BCUT2D eigenvalue weighted by atomic mass is 10.2. The molecule has 0 atom stereocenters. The molecule has 1 heterocycles. The summed E-state index contributed by atoms with van der Waals surface area (Å²) in [5, 5.41) is 0. The SMILES string of the molecule is CCc1cc(C(=O)N(CC(=O)OC)CC(=O)OC)sc1C. The Hall–Kier alpha value is -1.89. The van der Waals surface area contributed by atoms with E-state index in [9.17, 15) is 14.4 Å². The normalized spacial score (nSPS) is 10.1. The van der Waals surface area contributed by atoms with Crippen molar-refractivity contribution < 1.29 is 23.9 Å². The van der Waals surface area contributed by atoms with Crippen LogP contribution < -0.4 is 0 Å². The summed E-state index contributed by atoms with van der Waals surface area (Å²) in [5.74, 6) is -1.55. The summed E-state index contributed by atoms with van der Waals surface area (Å²) in [6, 6.07) is 1.80. The highest BCUT2D eigenvalue weighted by Gasteiger charge is 2.24. The second kappa shape index (κ2) is 7.78. The van der Waals surface area contributed by atoms with E-state index < -0.39 is 11.9 Å². The molecule has 0 aliphatic heterocycles. The minimum Gasteiger partial charge on any atom is -0.468 e. The number of ether oxygens (including phenoxy) is 2. The third-order valence-corrected chi connectivity index (χ3v) is 4.08. The maximum atomic E-state index is 12.4. The van der Waals surface area contributed by atoms with Crippen LogP contribution >= 0.6 is 11.3 Å². The van der Waals surface area contributed by atoms with Crippen molar-refractivity contribution in [2.75, 3.05) is 27.3 Å². The fraction of sp³-hybridized carbons (Fsp3) is 0.500. The van der Waals surface area contributed by atoms with Crippen LogP contribution in [0.5, 0.6) is 0 Å². The molecule has 0 N–H and O–H groups in total. The van der Waals surface area contributed by atoms with Crippen LogP contribution in [0.3, 0.4) is 0 Å². The summed E-state index contributed by atoms with van der Waals surface area (Å²) < 4.78 is 9.10. The molecule has 7 heteroatoms. The number of nitrogens with zero attached hydrogens (tertiary/aromatic N) is 1. The number of esters is 2. The Morgan fingerprint density at radius 1 is 1.14 bits per heavy atom. The first kappa shape index (κ1) is 17.2. The van der Waals surface area contributed by atoms with E-state index in [0.29, 0.717) is 4.88 Å². The molecule has 0 saturated carbocycles. The van der Waals surface area contributed by atoms with Gasteiger partial charge in [0.25, 0.3) is 5.91 Å². The van der Waals surface area contributed by atoms with Crippen LogP contribution in [-0.4, -0.2) is 50.1 Å². The minimum atomic E-state index is -0.587. The van der Waals surface area contributed by atoms with Crippen molar-refractivity contribution in [2.45, 2.75) is 20.3 Å². The van der Waals surface area contributed by atoms with Crippen molar-refractivity contribution in [1.29, 1.82) is 0 Å². The van der Waals surface area contributed by atoms with Crippen molar-refractivity contribution in [2.24, 2.45) is 0 Å². The molecule has 1 rings (SSSR count). The summed E-state index contributed by atoms with van der Waals surface area (Å²) in [5.41, 5.74) is 1.08. The molecule has 0 bridgehead atoms. The molecule has 0 spiro atoms. The number of carbonyl (C=O) groups is 3. The zero-order chi connectivity index (χ0) is 16.0. The van der Waals surface area contributed by atoms with Gasteiger partial charge >= 0.3 is 11.9 Å². The molecule has 0 saturated heterocycles. The molecule has 0 aliphatic rings. The van der Waals surface area contributed by atoms with Crippen molar-refractivity contribution in [3.05, 3.63) is 21.4 Å². The fourth-order valence-electron chi connectivity index (χ4n) is 1.77. The Balaban J connectivity index is 2.96. The molecule has 1 aromatic heterocycles. The van der Waals surface area contributed by atoms with Gasteiger partial charge in [0.1, 0.15) is 13.1 Å². The Bertz CT molecular complexity index is 519. The topological polar surface area (TPSA) is 72.9 Å². The van der Waals surface area contributed by atoms with E-state index in [1.165, 1.54) is 25.6 Å². The summed E-state index contributed by atoms with van der Waals surface area (Å²) >= 11 is 1.35. The molecule has 1 amide bonds. The van der Waals surface area contributed by atoms with Crippen LogP contribution in [0.2, 0.25) is 0 Å². The zero-order valence-corrected chi connectivity index (χ0v) is 13.4. The lowest BCUT2D eigenvalue weighted by molar-refractivity contribution is -0.144. The molecule has 116 valence electrons. The molecule has 6 nitrogen and oxygen atoms in total. The summed E-state index contributed by atoms with van der Waals surface area (Å²) in [6.45, 7) is 3.36. The van der Waals surface area contributed by atoms with Gasteiger partial charge in [-0.05, 0) is 25.0 Å². The smallest absolute Gasteiger partial charge is 0.325 e. The quantitative estimate of drug-likeness (QED) is 0.742. The van der Waals surface area contributed by atoms with E-state index in [4.69, 9.17) is 0 Å². The van der Waals surface area contributed by atoms with Crippen molar-refractivity contribution in [3.63, 3.8) is 0 Å². The number of methoxy groups -OCH3 is 2. The Kier molecular flexibility index (Phi) is 6.36. The van der Waals surface area contributed by atoms with Crippen LogP contribution in [0.15, 0.2) is 6.07 Å². The van der Waals surface area contributed by atoms with Gasteiger partial charge in [-0.1, -0.05) is 6.92 Å². The molecule has 0 aromatic carbocycles. The average molecular weight is 313 g/mol. The molecule has 1 aromatic rings. The largest absolute Gasteiger partial charge is 0.468 e. The second-order valence-corrected chi connectivity index (χ2v) is 5.62. The van der Waals surface area contributed by atoms with E-state index >= 15 is 0 Å². The second-order valence-electron chi connectivity index (χ2n) is 4.36. The maximum Gasteiger partial charge on any atom is 0.325 e. The van der Waals surface area contributed by atoms with Gasteiger partial charge in [-0.25, -0.2) is 0 Å². The predicted octanol–water partition coefficient (Wildman–Crippen LogP) is 1.41. The summed E-state index contributed by atoms with van der Waals surface area (Å²) in [7, 11) is 2.46. The Morgan fingerprint density at radius 2 is 1.67 bits per heavy atom. The highest BCUT2D eigenvalue weighted by atomic mass is 32.1. The average Bonchev–Trinajstić information content (AvgIpc) is 2.86. The van der Waals surface area contributed by atoms with Crippen molar-refractivity contribution in [1.82, 2.24) is 4.90 Å². The number of hydrogen-bond acceptors (Lipinski definition) is 6. The Morgan fingerprint density at radius 3 is 2.05 bits per heavy atom. The molecule has 21 heavy (non-hydrogen) atoms. The highest BCUT2D eigenvalue weighted by molar-refractivity contribution is 7.14. The summed E-state index contributed by atoms with van der Waals surface area (Å²) in [4.78, 5) is 37.9. The first-order chi connectivity index (χ1) is 9.92. The van der Waals surface area contributed by atoms with E-state index in [-0.39, 0.29) is 19.0 Å². The number of thiophene rings is 1. The molecule has 0 unspecified atom stereocenters. The van der Waals surface area contributed by atoms with Crippen LogP contribution in [0.25, 0.3) is 0 Å². The standard InChI is InChI=1S/C14H19NO5S/c1-5-10-6-11(21-9(10)2)14(18)15(7-12(16)19-3)8-13(17)20-4/h6H,5,7-8H2,1-4H3. The third-order valence-electron chi connectivity index (χ3n) is 2.99. The number of amides is 1. The zero-order valence-electron chi connectivity index (χ0n) is 12.6. The Labute approximate surface area is 127 Å². The van der Waals surface area contributed by atoms with Crippen molar-refractivity contribution in [3.8, 4) is 0 Å². The van der Waals surface area contributed by atoms with Gasteiger partial charge in [-0.3, -0.25) is 14.4 Å². The summed E-state index contributed by atoms with van der Waals surface area (Å²) in [6.07, 6.45) is 0.823. The molecule has 0 fully saturated rings. The van der Waals surface area contributed by atoms with Gasteiger partial charge in [0.05, 0.1) is 19.1 Å². The van der Waals surface area contributed by atoms with Crippen LogP contribution in [0.1, 0.15) is 27.0 Å². The van der Waals surface area contributed by atoms with Crippen molar-refractivity contribution >= 4 is 29.2 Å². The predicted molar refractivity (Wildman–Crippen MR) is 78.4 cm³/mol. The number of aryl methyl sites for hydroxylation is 2. The number of hydrogen-bond donors (Lipinski definition) is 0. The van der Waals surface area contributed by atoms with Gasteiger partial charge in [0.15, 0.2) is 0 Å². The maximum absolute atomic E-state index is 12.4.